The molecule has 2 aromatic rings. The molecule has 1 aliphatic rings. The maximum atomic E-state index is 15.3. The number of aromatic amines is 1. The third-order valence-corrected chi connectivity index (χ3v) is 4.73. The fraction of sp³-hybridized carbons (Fsp3) is 0.583. The molecule has 2 aromatic heterocycles. The van der Waals surface area contributed by atoms with Gasteiger partial charge in [0.15, 0.2) is 28.7 Å². The molecule has 0 radical (unpaired) electrons. The summed E-state index contributed by atoms with van der Waals surface area (Å²) in [5, 5.41) is 10.3. The molecule has 0 spiro atoms. The van der Waals surface area contributed by atoms with Gasteiger partial charge in [-0.1, -0.05) is 0 Å². The standard InChI is InChI=1S/C12H16F2N5O7P/c1-11(14)8(21)12(2-13,3-25-27(22,23)24)26-9(11)19-4-16-5-6(19)17-10(15)18-7(5)20/h4,8-9,21H,2-3H2,1H3,(H2,22,23,24)(H3,15,17,18,20)/t8-,9+,11+,12+/m0/s1. The summed E-state index contributed by atoms with van der Waals surface area (Å²) < 4.78 is 50.3. The number of rotatable bonds is 5. The predicted molar refractivity (Wildman–Crippen MR) is 84.9 cm³/mol. The van der Waals surface area contributed by atoms with Crippen LogP contribution in [0, 0.1) is 0 Å². The van der Waals surface area contributed by atoms with E-state index >= 15 is 4.39 Å². The number of aliphatic hydroxyl groups excluding tert-OH is 1. The summed E-state index contributed by atoms with van der Waals surface area (Å²) in [7, 11) is -5.05. The summed E-state index contributed by atoms with van der Waals surface area (Å²) in [5.41, 5.74) is -0.734. The molecular formula is C12H16F2N5O7P. The Balaban J connectivity index is 2.07. The number of H-pyrrole nitrogens is 1. The molecule has 4 atom stereocenters. The number of hydrogen-bond donors (Lipinski definition) is 5. The molecule has 150 valence electrons. The summed E-state index contributed by atoms with van der Waals surface area (Å²) in [6.45, 7) is -1.76. The molecule has 1 aliphatic heterocycles. The molecule has 1 saturated heterocycles. The van der Waals surface area contributed by atoms with Crippen LogP contribution in [0.4, 0.5) is 14.7 Å². The number of alkyl halides is 2. The average molecular weight is 411 g/mol. The van der Waals surface area contributed by atoms with E-state index < -0.39 is 50.3 Å². The van der Waals surface area contributed by atoms with Crippen LogP contribution in [0.1, 0.15) is 13.2 Å². The number of imidazole rings is 1. The molecule has 1 fully saturated rings. The summed E-state index contributed by atoms with van der Waals surface area (Å²) in [4.78, 5) is 39.3. The minimum atomic E-state index is -5.05. The maximum Gasteiger partial charge on any atom is 0.469 e. The Bertz CT molecular complexity index is 975. The monoisotopic (exact) mass is 411 g/mol. The maximum absolute atomic E-state index is 15.3. The quantitative estimate of drug-likeness (QED) is 0.388. The summed E-state index contributed by atoms with van der Waals surface area (Å²) in [6, 6.07) is 0. The Labute approximate surface area is 149 Å². The molecule has 0 bridgehead atoms. The first-order valence-electron chi connectivity index (χ1n) is 7.44. The van der Waals surface area contributed by atoms with Crippen molar-refractivity contribution in [3.63, 3.8) is 0 Å². The van der Waals surface area contributed by atoms with Crippen molar-refractivity contribution < 1.29 is 37.5 Å². The number of hydrogen-bond acceptors (Lipinski definition) is 8. The molecule has 0 saturated carbocycles. The van der Waals surface area contributed by atoms with E-state index in [0.717, 1.165) is 17.8 Å². The molecule has 15 heteroatoms. The van der Waals surface area contributed by atoms with Crippen molar-refractivity contribution >= 4 is 24.9 Å². The van der Waals surface area contributed by atoms with Crippen LogP contribution < -0.4 is 11.3 Å². The molecule has 0 aromatic carbocycles. The second kappa shape index (κ2) is 6.29. The highest BCUT2D eigenvalue weighted by atomic mass is 31.2. The SMILES string of the molecule is C[C@@]1(F)[C@H](O)[C@@](CF)(COP(=O)(O)O)O[C@H]1n1cnc2c(=O)[nH]c(N)nc21. The number of nitrogens with zero attached hydrogens (tertiary/aromatic N) is 3. The minimum absolute atomic E-state index is 0.192. The van der Waals surface area contributed by atoms with Crippen molar-refractivity contribution in [2.24, 2.45) is 0 Å². The number of aliphatic hydroxyl groups is 1. The molecule has 3 rings (SSSR count). The topological polar surface area (TPSA) is 186 Å². The number of anilines is 1. The van der Waals surface area contributed by atoms with Gasteiger partial charge in [-0.25, -0.2) is 18.3 Å². The van der Waals surface area contributed by atoms with Gasteiger partial charge in [0, 0.05) is 0 Å². The van der Waals surface area contributed by atoms with Crippen molar-refractivity contribution in [1.29, 1.82) is 0 Å². The summed E-state index contributed by atoms with van der Waals surface area (Å²) in [5.74, 6) is -0.296. The van der Waals surface area contributed by atoms with Crippen LogP contribution in [0.5, 0.6) is 0 Å². The first-order chi connectivity index (χ1) is 12.4. The highest BCUT2D eigenvalue weighted by Crippen LogP contribution is 2.49. The zero-order valence-corrected chi connectivity index (χ0v) is 14.6. The largest absolute Gasteiger partial charge is 0.469 e. The van der Waals surface area contributed by atoms with E-state index in [4.69, 9.17) is 20.3 Å². The lowest BCUT2D eigenvalue weighted by atomic mass is 9.90. The third-order valence-electron chi connectivity index (χ3n) is 4.27. The van der Waals surface area contributed by atoms with Crippen LogP contribution in [0.25, 0.3) is 11.2 Å². The van der Waals surface area contributed by atoms with Crippen LogP contribution in [-0.4, -0.2) is 65.1 Å². The van der Waals surface area contributed by atoms with Gasteiger partial charge in [-0.3, -0.25) is 18.9 Å². The minimum Gasteiger partial charge on any atom is -0.386 e. The van der Waals surface area contributed by atoms with Crippen molar-refractivity contribution in [2.75, 3.05) is 19.0 Å². The molecule has 0 amide bonds. The van der Waals surface area contributed by atoms with Gasteiger partial charge in [0.2, 0.25) is 5.95 Å². The zero-order chi connectivity index (χ0) is 20.2. The fourth-order valence-electron chi connectivity index (χ4n) is 2.94. The van der Waals surface area contributed by atoms with Crippen molar-refractivity contribution in [3.8, 4) is 0 Å². The fourth-order valence-corrected chi connectivity index (χ4v) is 3.33. The molecule has 0 aliphatic carbocycles. The molecule has 6 N–H and O–H groups in total. The Morgan fingerprint density at radius 2 is 2.22 bits per heavy atom. The van der Waals surface area contributed by atoms with Crippen molar-refractivity contribution in [1.82, 2.24) is 19.5 Å². The lowest BCUT2D eigenvalue weighted by molar-refractivity contribution is -0.134. The van der Waals surface area contributed by atoms with Crippen molar-refractivity contribution in [3.05, 3.63) is 16.7 Å². The van der Waals surface area contributed by atoms with Gasteiger partial charge in [0.25, 0.3) is 5.56 Å². The van der Waals surface area contributed by atoms with Gasteiger partial charge in [-0.05, 0) is 6.92 Å². The van der Waals surface area contributed by atoms with Crippen LogP contribution in [0.15, 0.2) is 11.1 Å². The van der Waals surface area contributed by atoms with E-state index in [9.17, 15) is 18.9 Å². The normalized spacial score (nSPS) is 31.6. The van der Waals surface area contributed by atoms with E-state index in [1.54, 1.807) is 0 Å². The first kappa shape index (κ1) is 19.8. The molecule has 3 heterocycles. The summed E-state index contributed by atoms with van der Waals surface area (Å²) >= 11 is 0. The second-order valence-electron chi connectivity index (χ2n) is 6.26. The lowest BCUT2D eigenvalue weighted by Crippen LogP contribution is -2.51. The van der Waals surface area contributed by atoms with Gasteiger partial charge < -0.3 is 25.4 Å². The number of fused-ring (bicyclic) bond motifs is 1. The molecule has 12 nitrogen and oxygen atoms in total. The van der Waals surface area contributed by atoms with Crippen LogP contribution in [-0.2, 0) is 13.8 Å². The zero-order valence-electron chi connectivity index (χ0n) is 13.7. The van der Waals surface area contributed by atoms with Gasteiger partial charge in [-0.15, -0.1) is 0 Å². The van der Waals surface area contributed by atoms with E-state index in [0.29, 0.717) is 0 Å². The first-order valence-corrected chi connectivity index (χ1v) is 8.97. The smallest absolute Gasteiger partial charge is 0.386 e. The number of phosphoric ester groups is 1. The van der Waals surface area contributed by atoms with Gasteiger partial charge in [-0.2, -0.15) is 4.98 Å². The van der Waals surface area contributed by atoms with Crippen LogP contribution in [0.3, 0.4) is 0 Å². The Hall–Kier alpha value is -1.96. The number of aromatic nitrogens is 4. The van der Waals surface area contributed by atoms with E-state index in [-0.39, 0.29) is 17.1 Å². The predicted octanol–water partition coefficient (Wildman–Crippen LogP) is -0.863. The lowest BCUT2D eigenvalue weighted by Gasteiger charge is -2.29. The number of phosphoric acid groups is 1. The second-order valence-corrected chi connectivity index (χ2v) is 7.50. The number of ether oxygens (including phenoxy) is 1. The van der Waals surface area contributed by atoms with E-state index in [2.05, 4.69) is 19.5 Å². The van der Waals surface area contributed by atoms with Gasteiger partial charge in [0.05, 0.1) is 12.9 Å². The molecular weight excluding hydrogens is 395 g/mol. The number of nitrogen functional groups attached to an aromatic ring is 1. The number of halogens is 2. The Kier molecular flexibility index (Phi) is 4.61. The third kappa shape index (κ3) is 3.24. The van der Waals surface area contributed by atoms with Crippen molar-refractivity contribution in [2.45, 2.75) is 30.5 Å². The average Bonchev–Trinajstić information content (AvgIpc) is 3.05. The molecule has 27 heavy (non-hydrogen) atoms. The Morgan fingerprint density at radius 3 is 2.81 bits per heavy atom. The molecule has 0 unspecified atom stereocenters. The number of nitrogens with two attached hydrogens (primary N) is 1. The van der Waals surface area contributed by atoms with Crippen LogP contribution >= 0.6 is 7.82 Å². The summed E-state index contributed by atoms with van der Waals surface area (Å²) in [6.07, 6.45) is -2.94. The number of nitrogens with one attached hydrogen (secondary N) is 1. The van der Waals surface area contributed by atoms with Gasteiger partial charge in [0.1, 0.15) is 12.8 Å². The van der Waals surface area contributed by atoms with Gasteiger partial charge >= 0.3 is 7.82 Å². The Morgan fingerprint density at radius 1 is 1.56 bits per heavy atom. The van der Waals surface area contributed by atoms with Crippen LogP contribution in [0.2, 0.25) is 0 Å². The van der Waals surface area contributed by atoms with E-state index in [1.165, 1.54) is 0 Å². The van der Waals surface area contributed by atoms with E-state index in [1.807, 2.05) is 0 Å². The highest BCUT2D eigenvalue weighted by molar-refractivity contribution is 7.46. The highest BCUT2D eigenvalue weighted by Gasteiger charge is 2.64.